The SMILES string of the molecule is CC(C)(C)NS(=O)(=O)c1cccc(NC(=O)c2ccc(S(=O)(=O)C3(C)COC3)cc2N2CC[Si](C)(C)CC2)c1. The van der Waals surface area contributed by atoms with Crippen LogP contribution in [0.3, 0.4) is 0 Å². The van der Waals surface area contributed by atoms with Gasteiger partial charge in [0, 0.05) is 24.3 Å². The van der Waals surface area contributed by atoms with Gasteiger partial charge in [-0.25, -0.2) is 21.6 Å². The van der Waals surface area contributed by atoms with E-state index in [2.05, 4.69) is 28.0 Å². The van der Waals surface area contributed by atoms with Gasteiger partial charge < -0.3 is 15.0 Å². The van der Waals surface area contributed by atoms with Crippen molar-refractivity contribution in [3.63, 3.8) is 0 Å². The minimum Gasteiger partial charge on any atom is -0.378 e. The van der Waals surface area contributed by atoms with E-state index in [1.807, 2.05) is 0 Å². The van der Waals surface area contributed by atoms with Crippen LogP contribution in [-0.2, 0) is 24.6 Å². The fraction of sp³-hybridized carbons (Fsp3) is 0.519. The number of hydrogen-bond donors (Lipinski definition) is 2. The Kier molecular flexibility index (Phi) is 7.85. The van der Waals surface area contributed by atoms with Crippen molar-refractivity contribution in [1.29, 1.82) is 0 Å². The first-order valence-corrected chi connectivity index (χ1v) is 19.5. The smallest absolute Gasteiger partial charge is 0.257 e. The number of nitrogens with zero attached hydrogens (tertiary/aromatic N) is 1. The van der Waals surface area contributed by atoms with E-state index in [1.54, 1.807) is 52.0 Å². The lowest BCUT2D eigenvalue weighted by Crippen LogP contribution is -2.53. The molecule has 2 saturated heterocycles. The molecule has 4 rings (SSSR count). The highest BCUT2D eigenvalue weighted by Crippen LogP contribution is 2.36. The molecule has 0 atom stereocenters. The van der Waals surface area contributed by atoms with Crippen LogP contribution < -0.4 is 14.9 Å². The molecule has 0 spiro atoms. The Morgan fingerprint density at radius 3 is 2.18 bits per heavy atom. The standard InChI is InChI=1S/C27H39N3O6S2Si/c1-26(2,3)29-38(34,35)22-9-7-8-20(16-22)28-25(31)23-11-10-21(37(32,33)27(4)18-36-19-27)17-24(23)30-12-14-39(5,6)15-13-30/h7-11,16-17,29H,12-15,18-19H2,1-6H3,(H,28,31). The molecular weight excluding hydrogens is 555 g/mol. The van der Waals surface area contributed by atoms with Crippen LogP contribution in [0.4, 0.5) is 11.4 Å². The van der Waals surface area contributed by atoms with Crippen molar-refractivity contribution in [2.45, 2.75) is 73.0 Å². The lowest BCUT2D eigenvalue weighted by Gasteiger charge is -2.39. The Balaban J connectivity index is 1.68. The molecule has 39 heavy (non-hydrogen) atoms. The molecule has 2 aromatic rings. The normalized spacial score (nSPS) is 19.3. The first kappa shape index (κ1) is 29.7. The zero-order valence-corrected chi connectivity index (χ0v) is 26.1. The van der Waals surface area contributed by atoms with E-state index in [4.69, 9.17) is 4.74 Å². The van der Waals surface area contributed by atoms with Crippen molar-refractivity contribution in [2.24, 2.45) is 0 Å². The van der Waals surface area contributed by atoms with Crippen LogP contribution in [0.2, 0.25) is 25.2 Å². The van der Waals surface area contributed by atoms with Crippen molar-refractivity contribution in [3.8, 4) is 0 Å². The van der Waals surface area contributed by atoms with Crippen molar-refractivity contribution in [3.05, 3.63) is 48.0 Å². The Labute approximate surface area is 233 Å². The van der Waals surface area contributed by atoms with Crippen molar-refractivity contribution < 1.29 is 26.4 Å². The maximum atomic E-state index is 13.6. The second-order valence-electron chi connectivity index (χ2n) is 12.6. The van der Waals surface area contributed by atoms with Crippen molar-refractivity contribution in [2.75, 3.05) is 36.5 Å². The number of ether oxygens (including phenoxy) is 1. The molecule has 2 aromatic carbocycles. The second-order valence-corrected chi connectivity index (χ2v) is 22.1. The molecule has 2 aliphatic heterocycles. The molecule has 0 bridgehead atoms. The highest BCUT2D eigenvalue weighted by Gasteiger charge is 2.47. The zero-order chi connectivity index (χ0) is 28.9. The number of carbonyl (C=O) groups excluding carboxylic acids is 1. The fourth-order valence-corrected chi connectivity index (χ4v) is 9.74. The van der Waals surface area contributed by atoms with Crippen molar-refractivity contribution >= 4 is 45.2 Å². The van der Waals surface area contributed by atoms with E-state index in [0.717, 1.165) is 25.2 Å². The summed E-state index contributed by atoms with van der Waals surface area (Å²) in [5.74, 6) is -0.437. The Bertz CT molecular complexity index is 1470. The van der Waals surface area contributed by atoms with Crippen LogP contribution in [-0.4, -0.2) is 67.4 Å². The molecule has 1 amide bonds. The van der Waals surface area contributed by atoms with Crippen molar-refractivity contribution in [1.82, 2.24) is 4.72 Å². The first-order chi connectivity index (χ1) is 17.9. The van der Waals surface area contributed by atoms with E-state index in [-0.39, 0.29) is 23.0 Å². The quantitative estimate of drug-likeness (QED) is 0.464. The summed E-state index contributed by atoms with van der Waals surface area (Å²) in [7, 11) is -8.79. The Morgan fingerprint density at radius 2 is 1.62 bits per heavy atom. The molecule has 12 heteroatoms. The predicted molar refractivity (Wildman–Crippen MR) is 157 cm³/mol. The van der Waals surface area contributed by atoms with Gasteiger partial charge in [-0.15, -0.1) is 0 Å². The monoisotopic (exact) mass is 593 g/mol. The largest absolute Gasteiger partial charge is 0.378 e. The van der Waals surface area contributed by atoms with Gasteiger partial charge in [-0.1, -0.05) is 19.2 Å². The number of hydrogen-bond acceptors (Lipinski definition) is 7. The van der Waals surface area contributed by atoms with Crippen LogP contribution in [0, 0.1) is 0 Å². The van der Waals surface area contributed by atoms with E-state index in [9.17, 15) is 21.6 Å². The van der Waals surface area contributed by atoms with E-state index in [1.165, 1.54) is 18.2 Å². The summed E-state index contributed by atoms with van der Waals surface area (Å²) in [5, 5.41) is 2.82. The molecule has 0 saturated carbocycles. The maximum Gasteiger partial charge on any atom is 0.257 e. The second kappa shape index (κ2) is 10.3. The number of amides is 1. The molecule has 0 aromatic heterocycles. The molecule has 2 fully saturated rings. The van der Waals surface area contributed by atoms with Crippen LogP contribution in [0.25, 0.3) is 0 Å². The number of anilines is 2. The van der Waals surface area contributed by atoms with E-state index < -0.39 is 44.1 Å². The van der Waals surface area contributed by atoms with Crippen LogP contribution in [0.1, 0.15) is 38.1 Å². The average Bonchev–Trinajstić information content (AvgIpc) is 2.80. The maximum absolute atomic E-state index is 13.6. The highest BCUT2D eigenvalue weighted by molar-refractivity contribution is 7.93. The lowest BCUT2D eigenvalue weighted by molar-refractivity contribution is -0.00490. The van der Waals surface area contributed by atoms with Gasteiger partial charge in [0.1, 0.15) is 4.75 Å². The number of carbonyl (C=O) groups is 1. The van der Waals surface area contributed by atoms with Crippen LogP contribution in [0.5, 0.6) is 0 Å². The summed E-state index contributed by atoms with van der Waals surface area (Å²) in [5.41, 5.74) is 0.570. The van der Waals surface area contributed by atoms with Gasteiger partial charge in [-0.3, -0.25) is 4.79 Å². The number of nitrogens with one attached hydrogen (secondary N) is 2. The number of rotatable bonds is 7. The van der Waals surface area contributed by atoms with Gasteiger partial charge in [0.25, 0.3) is 5.91 Å². The van der Waals surface area contributed by atoms with Gasteiger partial charge >= 0.3 is 0 Å². The fourth-order valence-electron chi connectivity index (χ4n) is 4.72. The Hall–Kier alpha value is -2.25. The first-order valence-electron chi connectivity index (χ1n) is 13.1. The van der Waals surface area contributed by atoms with Gasteiger partial charge in [0.2, 0.25) is 10.0 Å². The molecule has 2 heterocycles. The summed E-state index contributed by atoms with van der Waals surface area (Å²) in [4.78, 5) is 15.9. The van der Waals surface area contributed by atoms with Gasteiger partial charge in [0.15, 0.2) is 9.84 Å². The molecular formula is C27H39N3O6S2Si. The predicted octanol–water partition coefficient (Wildman–Crippen LogP) is 4.11. The summed E-state index contributed by atoms with van der Waals surface area (Å²) in [6.45, 7) is 13.4. The minimum absolute atomic E-state index is 0.0380. The topological polar surface area (TPSA) is 122 Å². The molecule has 9 nitrogen and oxygen atoms in total. The highest BCUT2D eigenvalue weighted by atomic mass is 32.2. The van der Waals surface area contributed by atoms with Gasteiger partial charge in [0.05, 0.1) is 42.3 Å². The third-order valence-corrected chi connectivity index (χ3v) is 14.6. The molecule has 0 aliphatic carbocycles. The molecule has 2 aliphatic rings. The number of benzene rings is 2. The third-order valence-electron chi connectivity index (χ3n) is 7.29. The summed E-state index contributed by atoms with van der Waals surface area (Å²) >= 11 is 0. The summed E-state index contributed by atoms with van der Waals surface area (Å²) in [6, 6.07) is 12.8. The van der Waals surface area contributed by atoms with E-state index >= 15 is 0 Å². The zero-order valence-electron chi connectivity index (χ0n) is 23.5. The number of sulfonamides is 1. The average molecular weight is 594 g/mol. The van der Waals surface area contributed by atoms with E-state index in [0.29, 0.717) is 16.9 Å². The lowest BCUT2D eigenvalue weighted by atomic mass is 10.1. The molecule has 2 N–H and O–H groups in total. The summed E-state index contributed by atoms with van der Waals surface area (Å²) in [6.07, 6.45) is 0. The van der Waals surface area contributed by atoms with Gasteiger partial charge in [-0.2, -0.15) is 0 Å². The molecule has 0 unspecified atom stereocenters. The van der Waals surface area contributed by atoms with Crippen LogP contribution in [0.15, 0.2) is 52.3 Å². The molecule has 214 valence electrons. The summed E-state index contributed by atoms with van der Waals surface area (Å²) < 4.78 is 59.3. The number of sulfone groups is 1. The van der Waals surface area contributed by atoms with Gasteiger partial charge in [-0.05, 0) is 76.2 Å². The molecule has 0 radical (unpaired) electrons. The van der Waals surface area contributed by atoms with Crippen LogP contribution >= 0.6 is 0 Å². The Morgan fingerprint density at radius 1 is 0.974 bits per heavy atom. The minimum atomic E-state index is -3.79. The third kappa shape index (κ3) is 6.40.